The van der Waals surface area contributed by atoms with Crippen molar-refractivity contribution in [3.63, 3.8) is 0 Å². The van der Waals surface area contributed by atoms with Crippen molar-refractivity contribution >= 4 is 0 Å². The van der Waals surface area contributed by atoms with Crippen LogP contribution < -0.4 is 0 Å². The van der Waals surface area contributed by atoms with Gasteiger partial charge >= 0.3 is 0 Å². The Labute approximate surface area is 89.9 Å². The number of nitrogens with zero attached hydrogens (tertiary/aromatic N) is 1. The largest absolute Gasteiger partial charge is 0.303 e. The average molecular weight is 197 g/mol. The van der Waals surface area contributed by atoms with Crippen LogP contribution in [0.4, 0.5) is 0 Å². The second-order valence-corrected chi connectivity index (χ2v) is 4.67. The van der Waals surface area contributed by atoms with Gasteiger partial charge in [0.15, 0.2) is 0 Å². The molecule has 0 aromatic heterocycles. The van der Waals surface area contributed by atoms with E-state index < -0.39 is 0 Å². The Hall–Kier alpha value is -0.0400. The maximum Gasteiger partial charge on any atom is -0.00183 e. The molecule has 1 rings (SSSR count). The predicted octanol–water partition coefficient (Wildman–Crippen LogP) is 3.83. The molecule has 0 aromatic rings. The molecule has 0 amide bonds. The lowest BCUT2D eigenvalue weighted by Gasteiger charge is -2.13. The third-order valence-corrected chi connectivity index (χ3v) is 3.28. The third-order valence-electron chi connectivity index (χ3n) is 3.28. The number of hydrogen-bond acceptors (Lipinski definition) is 1. The molecule has 1 saturated heterocycles. The first-order valence-electron chi connectivity index (χ1n) is 6.66. The summed E-state index contributed by atoms with van der Waals surface area (Å²) in [5.74, 6) is 0. The number of rotatable bonds is 8. The first-order chi connectivity index (χ1) is 6.93. The van der Waals surface area contributed by atoms with E-state index in [1.807, 2.05) is 0 Å². The monoisotopic (exact) mass is 197 g/mol. The quantitative estimate of drug-likeness (QED) is 0.534. The maximum absolute atomic E-state index is 2.63. The molecule has 0 aliphatic carbocycles. The maximum atomic E-state index is 2.63. The van der Waals surface area contributed by atoms with E-state index >= 15 is 0 Å². The molecule has 0 radical (unpaired) electrons. The van der Waals surface area contributed by atoms with Crippen LogP contribution >= 0.6 is 0 Å². The van der Waals surface area contributed by atoms with Gasteiger partial charge in [-0.3, -0.25) is 0 Å². The van der Waals surface area contributed by atoms with Gasteiger partial charge in [0.25, 0.3) is 0 Å². The fourth-order valence-electron chi connectivity index (χ4n) is 2.30. The molecule has 0 N–H and O–H groups in total. The molecule has 1 aliphatic rings. The third kappa shape index (κ3) is 5.64. The van der Waals surface area contributed by atoms with Gasteiger partial charge in [0.2, 0.25) is 0 Å². The van der Waals surface area contributed by atoms with Crippen molar-refractivity contribution in [2.45, 2.75) is 64.7 Å². The lowest BCUT2D eigenvalue weighted by molar-refractivity contribution is 0.327. The second kappa shape index (κ2) is 8.28. The summed E-state index contributed by atoms with van der Waals surface area (Å²) in [5.41, 5.74) is 0. The fourth-order valence-corrected chi connectivity index (χ4v) is 2.30. The van der Waals surface area contributed by atoms with E-state index in [0.29, 0.717) is 0 Å². The SMILES string of the molecule is CCCCCCCCCN1CCCC1. The minimum Gasteiger partial charge on any atom is -0.303 e. The highest BCUT2D eigenvalue weighted by molar-refractivity contribution is 4.65. The molecule has 0 spiro atoms. The van der Waals surface area contributed by atoms with Crippen molar-refractivity contribution in [2.75, 3.05) is 19.6 Å². The Morgan fingerprint density at radius 2 is 1.36 bits per heavy atom. The summed E-state index contributed by atoms with van der Waals surface area (Å²) in [6.07, 6.45) is 13.0. The first-order valence-corrected chi connectivity index (χ1v) is 6.66. The molecular formula is C13H27N. The number of hydrogen-bond donors (Lipinski definition) is 0. The number of likely N-dealkylation sites (tertiary alicyclic amines) is 1. The molecule has 0 saturated carbocycles. The molecule has 84 valence electrons. The van der Waals surface area contributed by atoms with E-state index in [1.54, 1.807) is 0 Å². The van der Waals surface area contributed by atoms with E-state index in [1.165, 1.54) is 77.4 Å². The van der Waals surface area contributed by atoms with Crippen LogP contribution in [0.5, 0.6) is 0 Å². The van der Waals surface area contributed by atoms with E-state index in [0.717, 1.165) is 0 Å². The zero-order chi connectivity index (χ0) is 10.1. The number of unbranched alkanes of at least 4 members (excludes halogenated alkanes) is 6. The predicted molar refractivity (Wildman–Crippen MR) is 63.7 cm³/mol. The highest BCUT2D eigenvalue weighted by atomic mass is 15.1. The van der Waals surface area contributed by atoms with E-state index in [2.05, 4.69) is 11.8 Å². The summed E-state index contributed by atoms with van der Waals surface area (Å²) >= 11 is 0. The van der Waals surface area contributed by atoms with Crippen LogP contribution in [0.1, 0.15) is 64.7 Å². The fraction of sp³-hybridized carbons (Fsp3) is 1.00. The Morgan fingerprint density at radius 1 is 0.786 bits per heavy atom. The van der Waals surface area contributed by atoms with Gasteiger partial charge in [-0.1, -0.05) is 45.4 Å². The summed E-state index contributed by atoms with van der Waals surface area (Å²) in [5, 5.41) is 0. The molecule has 1 aliphatic heterocycles. The van der Waals surface area contributed by atoms with Crippen molar-refractivity contribution in [1.29, 1.82) is 0 Å². The average Bonchev–Trinajstić information content (AvgIpc) is 2.69. The Balaban J connectivity index is 1.75. The van der Waals surface area contributed by atoms with Crippen LogP contribution in [-0.2, 0) is 0 Å². The van der Waals surface area contributed by atoms with Gasteiger partial charge in [-0.2, -0.15) is 0 Å². The summed E-state index contributed by atoms with van der Waals surface area (Å²) in [7, 11) is 0. The van der Waals surface area contributed by atoms with Crippen LogP contribution in [0.2, 0.25) is 0 Å². The molecule has 0 bridgehead atoms. The smallest absolute Gasteiger partial charge is 0.00183 e. The molecule has 0 aromatic carbocycles. The molecule has 0 atom stereocenters. The molecule has 1 heteroatoms. The highest BCUT2D eigenvalue weighted by Crippen LogP contribution is 2.11. The Kier molecular flexibility index (Phi) is 7.12. The van der Waals surface area contributed by atoms with Crippen LogP contribution in [0.25, 0.3) is 0 Å². The normalized spacial score (nSPS) is 17.8. The minimum absolute atomic E-state index is 1.37. The lowest BCUT2D eigenvalue weighted by Crippen LogP contribution is -2.20. The molecule has 1 nitrogen and oxygen atoms in total. The first kappa shape index (κ1) is 12.0. The molecule has 14 heavy (non-hydrogen) atoms. The highest BCUT2D eigenvalue weighted by Gasteiger charge is 2.09. The molecular weight excluding hydrogens is 170 g/mol. The van der Waals surface area contributed by atoms with Crippen molar-refractivity contribution in [1.82, 2.24) is 4.90 Å². The van der Waals surface area contributed by atoms with Gasteiger partial charge in [0.05, 0.1) is 0 Å². The molecule has 1 fully saturated rings. The van der Waals surface area contributed by atoms with E-state index in [9.17, 15) is 0 Å². The zero-order valence-electron chi connectivity index (χ0n) is 9.93. The van der Waals surface area contributed by atoms with Gasteiger partial charge in [-0.25, -0.2) is 0 Å². The van der Waals surface area contributed by atoms with Crippen molar-refractivity contribution in [3.05, 3.63) is 0 Å². The van der Waals surface area contributed by atoms with Gasteiger partial charge in [-0.05, 0) is 38.9 Å². The van der Waals surface area contributed by atoms with E-state index in [4.69, 9.17) is 0 Å². The second-order valence-electron chi connectivity index (χ2n) is 4.67. The van der Waals surface area contributed by atoms with Crippen LogP contribution in [0.3, 0.4) is 0 Å². The summed E-state index contributed by atoms with van der Waals surface area (Å²) in [6.45, 7) is 6.40. The van der Waals surface area contributed by atoms with Gasteiger partial charge < -0.3 is 4.90 Å². The van der Waals surface area contributed by atoms with Crippen molar-refractivity contribution < 1.29 is 0 Å². The molecule has 1 heterocycles. The summed E-state index contributed by atoms with van der Waals surface area (Å²) in [4.78, 5) is 2.63. The van der Waals surface area contributed by atoms with Crippen LogP contribution in [0.15, 0.2) is 0 Å². The summed E-state index contributed by atoms with van der Waals surface area (Å²) in [6, 6.07) is 0. The zero-order valence-corrected chi connectivity index (χ0v) is 9.93. The van der Waals surface area contributed by atoms with Gasteiger partial charge in [0.1, 0.15) is 0 Å². The Morgan fingerprint density at radius 3 is 2.00 bits per heavy atom. The van der Waals surface area contributed by atoms with E-state index in [-0.39, 0.29) is 0 Å². The van der Waals surface area contributed by atoms with Crippen LogP contribution in [0, 0.1) is 0 Å². The van der Waals surface area contributed by atoms with Gasteiger partial charge in [-0.15, -0.1) is 0 Å². The minimum atomic E-state index is 1.37. The standard InChI is InChI=1S/C13H27N/c1-2-3-4-5-6-7-8-11-14-12-9-10-13-14/h2-13H2,1H3. The van der Waals surface area contributed by atoms with Crippen molar-refractivity contribution in [3.8, 4) is 0 Å². The van der Waals surface area contributed by atoms with Crippen LogP contribution in [-0.4, -0.2) is 24.5 Å². The lowest BCUT2D eigenvalue weighted by atomic mass is 10.1. The molecule has 0 unspecified atom stereocenters. The van der Waals surface area contributed by atoms with Crippen molar-refractivity contribution in [2.24, 2.45) is 0 Å². The summed E-state index contributed by atoms with van der Waals surface area (Å²) < 4.78 is 0. The Bertz CT molecular complexity index is 116. The van der Waals surface area contributed by atoms with Gasteiger partial charge in [0, 0.05) is 0 Å². The topological polar surface area (TPSA) is 3.24 Å².